The van der Waals surface area contributed by atoms with Crippen molar-refractivity contribution >= 4 is 29.1 Å². The van der Waals surface area contributed by atoms with Crippen LogP contribution in [0.1, 0.15) is 18.9 Å². The van der Waals surface area contributed by atoms with E-state index in [1.165, 1.54) is 0 Å². The van der Waals surface area contributed by atoms with Crippen LogP contribution in [-0.2, 0) is 10.3 Å². The van der Waals surface area contributed by atoms with Crippen LogP contribution in [0.5, 0.6) is 0 Å². The van der Waals surface area contributed by atoms with Crippen molar-refractivity contribution in [2.75, 3.05) is 26.2 Å². The third-order valence-electron chi connectivity index (χ3n) is 3.91. The van der Waals surface area contributed by atoms with Crippen molar-refractivity contribution in [1.29, 1.82) is 0 Å². The Kier molecular flexibility index (Phi) is 4.91. The third kappa shape index (κ3) is 2.93. The second-order valence-electron chi connectivity index (χ2n) is 5.15. The van der Waals surface area contributed by atoms with Gasteiger partial charge in [0.2, 0.25) is 5.91 Å². The van der Waals surface area contributed by atoms with Gasteiger partial charge in [0.15, 0.2) is 0 Å². The minimum absolute atomic E-state index is 0.399. The van der Waals surface area contributed by atoms with Crippen molar-refractivity contribution in [2.24, 2.45) is 5.73 Å². The molecule has 1 heterocycles. The van der Waals surface area contributed by atoms with Crippen LogP contribution < -0.4 is 11.1 Å². The molecule has 1 aromatic rings. The zero-order valence-electron chi connectivity index (χ0n) is 11.5. The molecular formula is C14H19Cl2N3O. The lowest BCUT2D eigenvalue weighted by Crippen LogP contribution is -2.54. The number of amides is 1. The van der Waals surface area contributed by atoms with Gasteiger partial charge < -0.3 is 11.1 Å². The summed E-state index contributed by atoms with van der Waals surface area (Å²) in [5.74, 6) is -0.399. The van der Waals surface area contributed by atoms with Crippen LogP contribution in [0.2, 0.25) is 10.0 Å². The molecule has 1 fully saturated rings. The number of primary amides is 1. The van der Waals surface area contributed by atoms with Crippen LogP contribution in [0, 0.1) is 0 Å². The van der Waals surface area contributed by atoms with Gasteiger partial charge >= 0.3 is 0 Å². The van der Waals surface area contributed by atoms with Crippen molar-refractivity contribution in [3.05, 3.63) is 33.8 Å². The summed E-state index contributed by atoms with van der Waals surface area (Å²) < 4.78 is 0. The van der Waals surface area contributed by atoms with Crippen molar-refractivity contribution in [3.8, 4) is 0 Å². The molecule has 1 atom stereocenters. The number of nitrogens with two attached hydrogens (primary N) is 1. The smallest absolute Gasteiger partial charge is 0.242 e. The number of hydrogen-bond acceptors (Lipinski definition) is 3. The zero-order valence-corrected chi connectivity index (χ0v) is 13.0. The van der Waals surface area contributed by atoms with Gasteiger partial charge in [-0.1, -0.05) is 29.3 Å². The summed E-state index contributed by atoms with van der Waals surface area (Å²) in [6.45, 7) is 5.15. The number of nitrogens with one attached hydrogen (secondary N) is 1. The Morgan fingerprint density at radius 3 is 2.75 bits per heavy atom. The molecule has 4 nitrogen and oxygen atoms in total. The first-order chi connectivity index (χ1) is 9.46. The molecule has 1 aromatic carbocycles. The molecule has 0 spiro atoms. The largest absolute Gasteiger partial charge is 0.368 e. The molecule has 20 heavy (non-hydrogen) atoms. The normalized spacial score (nSPS) is 20.1. The minimum Gasteiger partial charge on any atom is -0.368 e. The number of nitrogens with zero attached hydrogens (tertiary/aromatic N) is 1. The van der Waals surface area contributed by atoms with E-state index in [1.54, 1.807) is 18.2 Å². The fourth-order valence-electron chi connectivity index (χ4n) is 2.64. The standard InChI is InChI=1S/C14H19Cl2N3O/c1-14(13(17)20,19-7-2-5-18-6-8-19)11-4-3-10(15)9-12(11)16/h3-4,9,18H,2,5-8H2,1H3,(H2,17,20). The highest BCUT2D eigenvalue weighted by atomic mass is 35.5. The second-order valence-corrected chi connectivity index (χ2v) is 5.99. The zero-order chi connectivity index (χ0) is 14.8. The van der Waals surface area contributed by atoms with Crippen LogP contribution in [0.3, 0.4) is 0 Å². The number of rotatable bonds is 3. The Balaban J connectivity index is 2.44. The molecule has 6 heteroatoms. The summed E-state index contributed by atoms with van der Waals surface area (Å²) in [5.41, 5.74) is 5.48. The van der Waals surface area contributed by atoms with Gasteiger partial charge in [-0.3, -0.25) is 9.69 Å². The Morgan fingerprint density at radius 1 is 1.35 bits per heavy atom. The molecule has 3 N–H and O–H groups in total. The molecule has 1 aliphatic rings. The highest BCUT2D eigenvalue weighted by Crippen LogP contribution is 2.35. The van der Waals surface area contributed by atoms with E-state index in [9.17, 15) is 4.79 Å². The summed E-state index contributed by atoms with van der Waals surface area (Å²) in [6, 6.07) is 5.17. The molecule has 1 amide bonds. The molecule has 0 radical (unpaired) electrons. The monoisotopic (exact) mass is 315 g/mol. The number of carbonyl (C=O) groups excluding carboxylic acids is 1. The lowest BCUT2D eigenvalue weighted by Gasteiger charge is -2.39. The van der Waals surface area contributed by atoms with Crippen LogP contribution in [0.25, 0.3) is 0 Å². The molecule has 1 saturated heterocycles. The molecule has 1 unspecified atom stereocenters. The molecule has 0 bridgehead atoms. The summed E-state index contributed by atoms with van der Waals surface area (Å²) in [7, 11) is 0. The number of carbonyl (C=O) groups is 1. The minimum atomic E-state index is -0.923. The fraction of sp³-hybridized carbons (Fsp3) is 0.500. The Labute approximate surface area is 129 Å². The van der Waals surface area contributed by atoms with Gasteiger partial charge in [0.25, 0.3) is 0 Å². The van der Waals surface area contributed by atoms with E-state index in [1.807, 2.05) is 6.92 Å². The first-order valence-electron chi connectivity index (χ1n) is 6.67. The maximum absolute atomic E-state index is 12.1. The van der Waals surface area contributed by atoms with Crippen molar-refractivity contribution in [2.45, 2.75) is 18.9 Å². The average molecular weight is 316 g/mol. The van der Waals surface area contributed by atoms with Crippen LogP contribution in [0.4, 0.5) is 0 Å². The summed E-state index contributed by atoms with van der Waals surface area (Å²) in [4.78, 5) is 14.2. The van der Waals surface area contributed by atoms with E-state index in [4.69, 9.17) is 28.9 Å². The molecule has 1 aliphatic heterocycles. The Bertz CT molecular complexity index is 501. The van der Waals surface area contributed by atoms with Crippen LogP contribution in [0.15, 0.2) is 18.2 Å². The topological polar surface area (TPSA) is 58.4 Å². The highest BCUT2D eigenvalue weighted by molar-refractivity contribution is 6.35. The van der Waals surface area contributed by atoms with Gasteiger partial charge in [0, 0.05) is 35.2 Å². The fourth-order valence-corrected chi connectivity index (χ4v) is 3.23. The van der Waals surface area contributed by atoms with Gasteiger partial charge in [0.1, 0.15) is 5.54 Å². The van der Waals surface area contributed by atoms with E-state index in [-0.39, 0.29) is 0 Å². The molecule has 0 aromatic heterocycles. The SMILES string of the molecule is CC(C(N)=O)(c1ccc(Cl)cc1Cl)N1CCCNCC1. The van der Waals surface area contributed by atoms with E-state index >= 15 is 0 Å². The predicted molar refractivity (Wildman–Crippen MR) is 82.1 cm³/mol. The van der Waals surface area contributed by atoms with Gasteiger partial charge in [-0.05, 0) is 32.0 Å². The predicted octanol–water partition coefficient (Wildman–Crippen LogP) is 1.99. The molecule has 0 saturated carbocycles. The summed E-state index contributed by atoms with van der Waals surface area (Å²) in [6.07, 6.45) is 0.966. The molecule has 2 rings (SSSR count). The number of hydrogen-bond donors (Lipinski definition) is 2. The van der Waals surface area contributed by atoms with Gasteiger partial charge in [-0.25, -0.2) is 0 Å². The van der Waals surface area contributed by atoms with Crippen molar-refractivity contribution in [1.82, 2.24) is 10.2 Å². The molecular weight excluding hydrogens is 297 g/mol. The lowest BCUT2D eigenvalue weighted by atomic mass is 9.88. The maximum atomic E-state index is 12.1. The maximum Gasteiger partial charge on any atom is 0.242 e. The van der Waals surface area contributed by atoms with Crippen LogP contribution >= 0.6 is 23.2 Å². The molecule has 0 aliphatic carbocycles. The van der Waals surface area contributed by atoms with Gasteiger partial charge in [-0.15, -0.1) is 0 Å². The average Bonchev–Trinajstić information content (AvgIpc) is 2.66. The van der Waals surface area contributed by atoms with E-state index in [2.05, 4.69) is 10.2 Å². The van der Waals surface area contributed by atoms with E-state index in [0.29, 0.717) is 15.6 Å². The Hall–Kier alpha value is -0.810. The highest BCUT2D eigenvalue weighted by Gasteiger charge is 2.41. The van der Waals surface area contributed by atoms with Gasteiger partial charge in [0.05, 0.1) is 0 Å². The second kappa shape index (κ2) is 6.31. The van der Waals surface area contributed by atoms with Gasteiger partial charge in [-0.2, -0.15) is 0 Å². The molecule has 110 valence electrons. The first-order valence-corrected chi connectivity index (χ1v) is 7.43. The van der Waals surface area contributed by atoms with Crippen molar-refractivity contribution < 1.29 is 4.79 Å². The number of halogens is 2. The summed E-state index contributed by atoms with van der Waals surface area (Å²) >= 11 is 12.2. The summed E-state index contributed by atoms with van der Waals surface area (Å²) in [5, 5.41) is 4.33. The third-order valence-corrected chi connectivity index (χ3v) is 4.46. The Morgan fingerprint density at radius 2 is 2.10 bits per heavy atom. The van der Waals surface area contributed by atoms with Crippen LogP contribution in [-0.4, -0.2) is 37.0 Å². The quantitative estimate of drug-likeness (QED) is 0.896. The lowest BCUT2D eigenvalue weighted by molar-refractivity contribution is -0.129. The van der Waals surface area contributed by atoms with Crippen molar-refractivity contribution in [3.63, 3.8) is 0 Å². The first kappa shape index (κ1) is 15.6. The van der Waals surface area contributed by atoms with E-state index in [0.717, 1.165) is 32.6 Å². The van der Waals surface area contributed by atoms with E-state index < -0.39 is 11.4 Å². The number of benzene rings is 1.